The average Bonchev–Trinajstić information content (AvgIpc) is 3.31. The van der Waals surface area contributed by atoms with Crippen molar-refractivity contribution in [2.75, 3.05) is 32.7 Å². The van der Waals surface area contributed by atoms with E-state index in [1.165, 1.54) is 0 Å². The zero-order valence-corrected chi connectivity index (χ0v) is 13.8. The number of rotatable bonds is 4. The van der Waals surface area contributed by atoms with Gasteiger partial charge in [-0.05, 0) is 19.3 Å². The molecule has 8 heteroatoms. The van der Waals surface area contributed by atoms with E-state index in [-0.39, 0.29) is 11.8 Å². The van der Waals surface area contributed by atoms with Crippen LogP contribution in [0.4, 0.5) is 0 Å². The third kappa shape index (κ3) is 3.06. The fourth-order valence-corrected chi connectivity index (χ4v) is 3.72. The molecule has 2 aromatic rings. The number of piperazine rings is 1. The van der Waals surface area contributed by atoms with Crippen LogP contribution in [-0.2, 0) is 17.8 Å². The summed E-state index contributed by atoms with van der Waals surface area (Å²) in [6.45, 7) is 5.24. The van der Waals surface area contributed by atoms with Crippen molar-refractivity contribution in [3.05, 3.63) is 30.1 Å². The van der Waals surface area contributed by atoms with Crippen molar-refractivity contribution in [2.24, 2.45) is 0 Å². The van der Waals surface area contributed by atoms with Gasteiger partial charge < -0.3 is 4.90 Å². The van der Waals surface area contributed by atoms with Gasteiger partial charge in [-0.3, -0.25) is 19.5 Å². The SMILES string of the molecule is O=C(C1CCCc2[nH]ncc21)N1CCN(CCn2cncn2)CC1. The van der Waals surface area contributed by atoms with E-state index in [0.29, 0.717) is 0 Å². The molecule has 8 nitrogen and oxygen atoms in total. The number of hydrogen-bond donors (Lipinski definition) is 1. The summed E-state index contributed by atoms with van der Waals surface area (Å²) < 4.78 is 1.85. The number of aromatic nitrogens is 5. The molecule has 1 unspecified atom stereocenters. The van der Waals surface area contributed by atoms with Crippen LogP contribution in [0.3, 0.4) is 0 Å². The van der Waals surface area contributed by atoms with Crippen molar-refractivity contribution in [3.63, 3.8) is 0 Å². The van der Waals surface area contributed by atoms with E-state index in [2.05, 4.69) is 25.2 Å². The van der Waals surface area contributed by atoms with Crippen LogP contribution in [0.25, 0.3) is 0 Å². The average molecular weight is 329 g/mol. The van der Waals surface area contributed by atoms with Crippen molar-refractivity contribution < 1.29 is 4.79 Å². The highest BCUT2D eigenvalue weighted by Crippen LogP contribution is 2.31. The number of H-pyrrole nitrogens is 1. The van der Waals surface area contributed by atoms with Gasteiger partial charge in [-0.1, -0.05) is 0 Å². The Kier molecular flexibility index (Phi) is 4.29. The van der Waals surface area contributed by atoms with Crippen LogP contribution < -0.4 is 0 Å². The molecular formula is C16H23N7O. The van der Waals surface area contributed by atoms with Crippen molar-refractivity contribution in [1.82, 2.24) is 34.8 Å². The lowest BCUT2D eigenvalue weighted by Crippen LogP contribution is -2.50. The van der Waals surface area contributed by atoms with Crippen LogP contribution in [0.5, 0.6) is 0 Å². The van der Waals surface area contributed by atoms with Gasteiger partial charge in [0.05, 0.1) is 18.7 Å². The summed E-state index contributed by atoms with van der Waals surface area (Å²) in [5.74, 6) is 0.266. The molecule has 1 aliphatic heterocycles. The second kappa shape index (κ2) is 6.72. The Balaban J connectivity index is 1.31. The van der Waals surface area contributed by atoms with Crippen molar-refractivity contribution in [2.45, 2.75) is 31.7 Å². The monoisotopic (exact) mass is 329 g/mol. The topological polar surface area (TPSA) is 82.9 Å². The van der Waals surface area contributed by atoms with E-state index < -0.39 is 0 Å². The van der Waals surface area contributed by atoms with E-state index in [4.69, 9.17) is 0 Å². The Hall–Kier alpha value is -2.22. The lowest BCUT2D eigenvalue weighted by molar-refractivity contribution is -0.135. The number of aryl methyl sites for hydroxylation is 1. The first-order chi connectivity index (χ1) is 11.8. The van der Waals surface area contributed by atoms with Crippen molar-refractivity contribution >= 4 is 5.91 Å². The number of hydrogen-bond acceptors (Lipinski definition) is 5. The van der Waals surface area contributed by atoms with Crippen LogP contribution in [0.15, 0.2) is 18.9 Å². The van der Waals surface area contributed by atoms with E-state index >= 15 is 0 Å². The molecule has 0 saturated carbocycles. The molecule has 0 bridgehead atoms. The van der Waals surface area contributed by atoms with Gasteiger partial charge in [-0.2, -0.15) is 10.2 Å². The number of amides is 1. The standard InChI is InChI=1S/C16H23N7O/c24-16(13-2-1-3-15-14(13)10-18-20-15)22-7-4-21(5-8-22)6-9-23-12-17-11-19-23/h10-13H,1-9H2,(H,18,20). The van der Waals surface area contributed by atoms with Crippen LogP contribution in [0.2, 0.25) is 0 Å². The summed E-state index contributed by atoms with van der Waals surface area (Å²) in [5.41, 5.74) is 2.26. The maximum Gasteiger partial charge on any atom is 0.230 e. The van der Waals surface area contributed by atoms with Gasteiger partial charge >= 0.3 is 0 Å². The van der Waals surface area contributed by atoms with Gasteiger partial charge in [0.2, 0.25) is 5.91 Å². The minimum atomic E-state index is -0.00537. The Labute approximate surface area is 140 Å². The molecule has 1 N–H and O–H groups in total. The first-order valence-electron chi connectivity index (χ1n) is 8.67. The molecule has 1 fully saturated rings. The summed E-state index contributed by atoms with van der Waals surface area (Å²) >= 11 is 0. The van der Waals surface area contributed by atoms with Crippen LogP contribution in [0.1, 0.15) is 30.0 Å². The molecule has 4 rings (SSSR count). The predicted octanol–water partition coefficient (Wildman–Crippen LogP) is 0.266. The number of aromatic amines is 1. The predicted molar refractivity (Wildman–Crippen MR) is 87.3 cm³/mol. The van der Waals surface area contributed by atoms with Gasteiger partial charge in [-0.15, -0.1) is 0 Å². The van der Waals surface area contributed by atoms with Gasteiger partial charge in [0.25, 0.3) is 0 Å². The number of nitrogens with zero attached hydrogens (tertiary/aromatic N) is 6. The van der Waals surface area contributed by atoms with Crippen molar-refractivity contribution in [3.8, 4) is 0 Å². The Bertz CT molecular complexity index is 672. The highest BCUT2D eigenvalue weighted by atomic mass is 16.2. The maximum absolute atomic E-state index is 12.9. The Morgan fingerprint density at radius 2 is 2.12 bits per heavy atom. The summed E-state index contributed by atoms with van der Waals surface area (Å²) in [6.07, 6.45) is 8.15. The molecule has 0 aromatic carbocycles. The molecular weight excluding hydrogens is 306 g/mol. The van der Waals surface area contributed by atoms with Crippen LogP contribution in [-0.4, -0.2) is 73.4 Å². The first-order valence-corrected chi connectivity index (χ1v) is 8.67. The Morgan fingerprint density at radius 3 is 2.92 bits per heavy atom. The summed E-state index contributed by atoms with van der Waals surface area (Å²) in [7, 11) is 0. The molecule has 24 heavy (non-hydrogen) atoms. The molecule has 1 atom stereocenters. The highest BCUT2D eigenvalue weighted by Gasteiger charge is 2.32. The second-order valence-corrected chi connectivity index (χ2v) is 6.57. The second-order valence-electron chi connectivity index (χ2n) is 6.57. The lowest BCUT2D eigenvalue weighted by atomic mass is 9.86. The quantitative estimate of drug-likeness (QED) is 0.870. The molecule has 3 heterocycles. The smallest absolute Gasteiger partial charge is 0.230 e. The van der Waals surface area contributed by atoms with Crippen molar-refractivity contribution in [1.29, 1.82) is 0 Å². The van der Waals surface area contributed by atoms with Crippen LogP contribution >= 0.6 is 0 Å². The zero-order valence-electron chi connectivity index (χ0n) is 13.8. The molecule has 0 spiro atoms. The number of carbonyl (C=O) groups is 1. The zero-order chi connectivity index (χ0) is 16.4. The summed E-state index contributed by atoms with van der Waals surface area (Å²) in [6, 6.07) is 0. The largest absolute Gasteiger partial charge is 0.340 e. The van der Waals surface area contributed by atoms with E-state index in [1.807, 2.05) is 15.8 Å². The third-order valence-corrected chi connectivity index (χ3v) is 5.14. The van der Waals surface area contributed by atoms with E-state index in [0.717, 1.165) is 69.8 Å². The number of carbonyl (C=O) groups excluding carboxylic acids is 1. The normalized spacial score (nSPS) is 21.7. The minimum absolute atomic E-state index is 0.00537. The van der Waals surface area contributed by atoms with E-state index in [1.54, 1.807) is 12.7 Å². The highest BCUT2D eigenvalue weighted by molar-refractivity contribution is 5.84. The van der Waals surface area contributed by atoms with Gasteiger partial charge in [0.1, 0.15) is 12.7 Å². The molecule has 1 amide bonds. The van der Waals surface area contributed by atoms with Crippen LogP contribution in [0, 0.1) is 0 Å². The molecule has 2 aliphatic rings. The maximum atomic E-state index is 12.9. The fraction of sp³-hybridized carbons (Fsp3) is 0.625. The van der Waals surface area contributed by atoms with Gasteiger partial charge in [-0.25, -0.2) is 4.98 Å². The number of nitrogens with one attached hydrogen (secondary N) is 1. The van der Waals surface area contributed by atoms with Gasteiger partial charge in [0.15, 0.2) is 0 Å². The fourth-order valence-electron chi connectivity index (χ4n) is 3.72. The minimum Gasteiger partial charge on any atom is -0.340 e. The molecule has 128 valence electrons. The Morgan fingerprint density at radius 1 is 1.25 bits per heavy atom. The molecule has 1 aliphatic carbocycles. The summed E-state index contributed by atoms with van der Waals surface area (Å²) in [4.78, 5) is 21.3. The number of fused-ring (bicyclic) bond motifs is 1. The lowest BCUT2D eigenvalue weighted by Gasteiger charge is -2.37. The van der Waals surface area contributed by atoms with Gasteiger partial charge in [0, 0.05) is 44.0 Å². The first kappa shape index (κ1) is 15.3. The third-order valence-electron chi connectivity index (χ3n) is 5.14. The molecule has 0 radical (unpaired) electrons. The summed E-state index contributed by atoms with van der Waals surface area (Å²) in [5, 5.41) is 11.3. The molecule has 2 aromatic heterocycles. The van der Waals surface area contributed by atoms with E-state index in [9.17, 15) is 4.79 Å². The molecule has 1 saturated heterocycles.